The summed E-state index contributed by atoms with van der Waals surface area (Å²) in [7, 11) is 0. The first-order valence-electron chi connectivity index (χ1n) is 5.99. The minimum absolute atomic E-state index is 0.655. The molecule has 0 aliphatic rings. The van der Waals surface area contributed by atoms with E-state index in [2.05, 4.69) is 10.4 Å². The molecule has 0 saturated carbocycles. The normalized spacial score (nSPS) is 10.7. The second kappa shape index (κ2) is 5.87. The van der Waals surface area contributed by atoms with Gasteiger partial charge in [-0.25, -0.2) is 4.68 Å². The van der Waals surface area contributed by atoms with Crippen LogP contribution in [0.4, 0.5) is 5.69 Å². The molecule has 0 bridgehead atoms. The summed E-state index contributed by atoms with van der Waals surface area (Å²) in [5, 5.41) is 11.0. The predicted octanol–water partition coefficient (Wildman–Crippen LogP) is 4.85. The van der Waals surface area contributed by atoms with E-state index >= 15 is 0 Å². The highest BCUT2D eigenvalue weighted by atomic mass is 35.5. The predicted molar refractivity (Wildman–Crippen MR) is 85.2 cm³/mol. The Morgan fingerprint density at radius 2 is 2.15 bits per heavy atom. The van der Waals surface area contributed by atoms with Gasteiger partial charge in [-0.05, 0) is 24.3 Å². The molecule has 0 saturated heterocycles. The van der Waals surface area contributed by atoms with E-state index in [0.717, 1.165) is 16.4 Å². The summed E-state index contributed by atoms with van der Waals surface area (Å²) in [6, 6.07) is 9.58. The monoisotopic (exact) mass is 323 g/mol. The number of nitrogens with one attached hydrogen (secondary N) is 1. The molecule has 0 aliphatic carbocycles. The van der Waals surface area contributed by atoms with Crippen molar-refractivity contribution in [2.75, 3.05) is 5.32 Å². The molecule has 0 aliphatic heterocycles. The summed E-state index contributed by atoms with van der Waals surface area (Å²) < 4.78 is 1.76. The number of para-hydroxylation sites is 1. The molecule has 1 N–H and O–H groups in total. The van der Waals surface area contributed by atoms with Gasteiger partial charge in [0.05, 0.1) is 15.7 Å². The number of rotatable bonds is 4. The van der Waals surface area contributed by atoms with Crippen LogP contribution in [0.1, 0.15) is 4.88 Å². The molecule has 2 heterocycles. The molecular weight excluding hydrogens is 313 g/mol. The first kappa shape index (κ1) is 13.5. The van der Waals surface area contributed by atoms with Crippen molar-refractivity contribution in [3.05, 3.63) is 63.0 Å². The zero-order valence-corrected chi connectivity index (χ0v) is 12.7. The second-order valence-corrected chi connectivity index (χ2v) is 6.01. The van der Waals surface area contributed by atoms with Crippen LogP contribution in [0, 0.1) is 0 Å². The largest absolute Gasteiger partial charge is 0.378 e. The first-order chi connectivity index (χ1) is 9.74. The maximum absolute atomic E-state index is 6.29. The molecule has 3 nitrogen and oxygen atoms in total. The van der Waals surface area contributed by atoms with Crippen LogP contribution in [0.3, 0.4) is 0 Å². The third-order valence-corrected chi connectivity index (χ3v) is 4.38. The van der Waals surface area contributed by atoms with Crippen LogP contribution in [-0.2, 0) is 6.54 Å². The Labute approximate surface area is 130 Å². The molecule has 6 heteroatoms. The van der Waals surface area contributed by atoms with E-state index < -0.39 is 0 Å². The SMILES string of the molecule is Clc1csc(CNc2cccc(Cl)c2-n2cccn2)c1. The highest BCUT2D eigenvalue weighted by molar-refractivity contribution is 7.10. The molecule has 0 radical (unpaired) electrons. The standard InChI is InChI=1S/C14H11Cl2N3S/c15-10-7-11(20-9-10)8-17-13-4-1-3-12(16)14(13)19-6-2-5-18-19/h1-7,9,17H,8H2. The number of anilines is 1. The molecule has 20 heavy (non-hydrogen) atoms. The lowest BCUT2D eigenvalue weighted by atomic mass is 10.2. The molecular formula is C14H11Cl2N3S. The Morgan fingerprint density at radius 3 is 2.85 bits per heavy atom. The van der Waals surface area contributed by atoms with Crippen LogP contribution in [-0.4, -0.2) is 9.78 Å². The number of aromatic nitrogens is 2. The molecule has 2 aromatic heterocycles. The molecule has 3 aromatic rings. The van der Waals surface area contributed by atoms with Crippen LogP contribution in [0.15, 0.2) is 48.1 Å². The van der Waals surface area contributed by atoms with Crippen molar-refractivity contribution in [1.82, 2.24) is 9.78 Å². The van der Waals surface area contributed by atoms with E-state index in [9.17, 15) is 0 Å². The van der Waals surface area contributed by atoms with Crippen LogP contribution < -0.4 is 5.32 Å². The van der Waals surface area contributed by atoms with E-state index in [-0.39, 0.29) is 0 Å². The van der Waals surface area contributed by atoms with Crippen LogP contribution in [0.25, 0.3) is 5.69 Å². The van der Waals surface area contributed by atoms with Gasteiger partial charge in [-0.3, -0.25) is 0 Å². The van der Waals surface area contributed by atoms with E-state index in [1.807, 2.05) is 41.9 Å². The average molecular weight is 324 g/mol. The topological polar surface area (TPSA) is 29.9 Å². The Hall–Kier alpha value is -1.49. The Morgan fingerprint density at radius 1 is 1.25 bits per heavy atom. The summed E-state index contributed by atoms with van der Waals surface area (Å²) in [5.41, 5.74) is 1.78. The van der Waals surface area contributed by atoms with Crippen molar-refractivity contribution in [3.8, 4) is 5.69 Å². The zero-order chi connectivity index (χ0) is 13.9. The van der Waals surface area contributed by atoms with Crippen molar-refractivity contribution in [2.45, 2.75) is 6.54 Å². The van der Waals surface area contributed by atoms with Gasteiger partial charge < -0.3 is 5.32 Å². The molecule has 102 valence electrons. The number of halogens is 2. The van der Waals surface area contributed by atoms with E-state index in [1.54, 1.807) is 22.2 Å². The second-order valence-electron chi connectivity index (χ2n) is 4.17. The van der Waals surface area contributed by atoms with Gasteiger partial charge >= 0.3 is 0 Å². The fourth-order valence-corrected chi connectivity index (χ4v) is 3.19. The summed E-state index contributed by atoms with van der Waals surface area (Å²) in [6.45, 7) is 0.700. The minimum Gasteiger partial charge on any atom is -0.378 e. The Bertz CT molecular complexity index is 707. The summed E-state index contributed by atoms with van der Waals surface area (Å²) in [4.78, 5) is 1.17. The fraction of sp³-hybridized carbons (Fsp3) is 0.0714. The van der Waals surface area contributed by atoms with E-state index in [0.29, 0.717) is 11.6 Å². The lowest BCUT2D eigenvalue weighted by Gasteiger charge is -2.13. The van der Waals surface area contributed by atoms with Gasteiger partial charge in [-0.15, -0.1) is 11.3 Å². The molecule has 3 rings (SSSR count). The van der Waals surface area contributed by atoms with Gasteiger partial charge in [0.25, 0.3) is 0 Å². The van der Waals surface area contributed by atoms with E-state index in [1.165, 1.54) is 4.88 Å². The summed E-state index contributed by atoms with van der Waals surface area (Å²) >= 11 is 13.8. The smallest absolute Gasteiger partial charge is 0.106 e. The van der Waals surface area contributed by atoms with Crippen LogP contribution >= 0.6 is 34.5 Å². The van der Waals surface area contributed by atoms with Crippen LogP contribution in [0.5, 0.6) is 0 Å². The van der Waals surface area contributed by atoms with Gasteiger partial charge in [0, 0.05) is 29.2 Å². The third kappa shape index (κ3) is 2.82. The van der Waals surface area contributed by atoms with E-state index in [4.69, 9.17) is 23.2 Å². The summed E-state index contributed by atoms with van der Waals surface area (Å²) in [5.74, 6) is 0. The number of hydrogen-bond donors (Lipinski definition) is 1. The van der Waals surface area contributed by atoms with Crippen molar-refractivity contribution in [1.29, 1.82) is 0 Å². The van der Waals surface area contributed by atoms with Crippen molar-refractivity contribution in [3.63, 3.8) is 0 Å². The van der Waals surface area contributed by atoms with Gasteiger partial charge in [0.2, 0.25) is 0 Å². The van der Waals surface area contributed by atoms with Crippen molar-refractivity contribution in [2.24, 2.45) is 0 Å². The fourth-order valence-electron chi connectivity index (χ4n) is 1.92. The number of benzene rings is 1. The third-order valence-electron chi connectivity index (χ3n) is 2.80. The highest BCUT2D eigenvalue weighted by Gasteiger charge is 2.09. The molecule has 0 amide bonds. The lowest BCUT2D eigenvalue weighted by Crippen LogP contribution is -2.04. The minimum atomic E-state index is 0.655. The maximum atomic E-state index is 6.29. The van der Waals surface area contributed by atoms with Gasteiger partial charge in [0.1, 0.15) is 5.69 Å². The maximum Gasteiger partial charge on any atom is 0.106 e. The zero-order valence-electron chi connectivity index (χ0n) is 10.4. The van der Waals surface area contributed by atoms with Crippen molar-refractivity contribution >= 4 is 40.2 Å². The van der Waals surface area contributed by atoms with Gasteiger partial charge in [-0.2, -0.15) is 5.10 Å². The number of nitrogens with zero attached hydrogens (tertiary/aromatic N) is 2. The quantitative estimate of drug-likeness (QED) is 0.743. The molecule has 0 unspecified atom stereocenters. The molecule has 1 aromatic carbocycles. The summed E-state index contributed by atoms with van der Waals surface area (Å²) in [6.07, 6.45) is 3.60. The molecule has 0 spiro atoms. The highest BCUT2D eigenvalue weighted by Crippen LogP contribution is 2.29. The van der Waals surface area contributed by atoms with Crippen LogP contribution in [0.2, 0.25) is 10.0 Å². The first-order valence-corrected chi connectivity index (χ1v) is 7.63. The van der Waals surface area contributed by atoms with Gasteiger partial charge in [0.15, 0.2) is 0 Å². The lowest BCUT2D eigenvalue weighted by molar-refractivity contribution is 0.880. The Kier molecular flexibility index (Phi) is 3.96. The average Bonchev–Trinajstić information content (AvgIpc) is 3.08. The van der Waals surface area contributed by atoms with Crippen molar-refractivity contribution < 1.29 is 0 Å². The van der Waals surface area contributed by atoms with Gasteiger partial charge in [-0.1, -0.05) is 29.3 Å². The molecule has 0 atom stereocenters. The molecule has 0 fully saturated rings. The number of hydrogen-bond acceptors (Lipinski definition) is 3. The number of thiophene rings is 1. The Balaban J connectivity index is 1.88.